The van der Waals surface area contributed by atoms with Gasteiger partial charge in [0, 0.05) is 11.1 Å². The van der Waals surface area contributed by atoms with Crippen molar-refractivity contribution in [1.29, 1.82) is 0 Å². The largest absolute Gasteiger partial charge is 0.506 e. The molecule has 2 atom stereocenters. The number of fused-ring (bicyclic) bond motifs is 2. The van der Waals surface area contributed by atoms with Crippen LogP contribution in [0.3, 0.4) is 0 Å². The minimum Gasteiger partial charge on any atom is -0.506 e. The summed E-state index contributed by atoms with van der Waals surface area (Å²) in [7, 11) is 0. The average Bonchev–Trinajstić information content (AvgIpc) is 3.76. The number of phenolic OH excluding ortho intramolecular Hbond substituents is 2. The van der Waals surface area contributed by atoms with E-state index in [1.807, 2.05) is 109 Å². The lowest BCUT2D eigenvalue weighted by Gasteiger charge is -2.18. The third kappa shape index (κ3) is 4.85. The highest BCUT2D eigenvalue weighted by atomic mass is 16.5. The van der Waals surface area contributed by atoms with Crippen molar-refractivity contribution in [2.45, 2.75) is 18.5 Å². The van der Waals surface area contributed by atoms with E-state index < -0.39 is 0 Å². The topological polar surface area (TPSA) is 83.6 Å². The number of ether oxygens (including phenoxy) is 2. The monoisotopic (exact) mass is 590 g/mol. The normalized spacial score (nSPS) is 17.6. The summed E-state index contributed by atoms with van der Waals surface area (Å²) in [4.78, 5) is 9.76. The molecule has 6 aromatic rings. The van der Waals surface area contributed by atoms with Gasteiger partial charge in [0.05, 0.1) is 17.2 Å². The van der Waals surface area contributed by atoms with Crippen molar-refractivity contribution in [2.75, 3.05) is 13.2 Å². The van der Waals surface area contributed by atoms with Crippen molar-refractivity contribution in [2.24, 2.45) is 9.98 Å². The third-order valence-corrected chi connectivity index (χ3v) is 8.62. The maximum atomic E-state index is 12.1. The van der Waals surface area contributed by atoms with E-state index in [2.05, 4.69) is 12.1 Å². The van der Waals surface area contributed by atoms with Crippen LogP contribution in [-0.2, 0) is 15.9 Å². The van der Waals surface area contributed by atoms with Gasteiger partial charge in [0.25, 0.3) is 0 Å². The van der Waals surface area contributed by atoms with E-state index in [0.29, 0.717) is 47.3 Å². The van der Waals surface area contributed by atoms with Gasteiger partial charge in [-0.25, -0.2) is 9.98 Å². The van der Waals surface area contributed by atoms with E-state index in [9.17, 15) is 10.2 Å². The Labute approximate surface area is 260 Å². The third-order valence-electron chi connectivity index (χ3n) is 8.62. The Morgan fingerprint density at radius 3 is 1.71 bits per heavy atom. The Hall–Kier alpha value is -5.62. The lowest BCUT2D eigenvalue weighted by atomic mass is 9.88. The van der Waals surface area contributed by atoms with Crippen LogP contribution in [0.2, 0.25) is 0 Å². The molecule has 220 valence electrons. The Morgan fingerprint density at radius 2 is 1.09 bits per heavy atom. The zero-order valence-corrected chi connectivity index (χ0v) is 24.4. The molecular weight excluding hydrogens is 560 g/mol. The van der Waals surface area contributed by atoms with Crippen LogP contribution < -0.4 is 0 Å². The van der Waals surface area contributed by atoms with Gasteiger partial charge in [-0.2, -0.15) is 0 Å². The highest BCUT2D eigenvalue weighted by molar-refractivity contribution is 6.16. The second-order valence-corrected chi connectivity index (χ2v) is 11.5. The zero-order chi connectivity index (χ0) is 30.3. The molecule has 0 amide bonds. The summed E-state index contributed by atoms with van der Waals surface area (Å²) < 4.78 is 12.2. The smallest absolute Gasteiger partial charge is 0.220 e. The number of benzene rings is 6. The number of hydrogen-bond acceptors (Lipinski definition) is 6. The summed E-state index contributed by atoms with van der Waals surface area (Å²) in [6, 6.07) is 39.5. The molecule has 45 heavy (non-hydrogen) atoms. The fourth-order valence-corrected chi connectivity index (χ4v) is 6.43. The molecule has 2 N–H and O–H groups in total. The molecule has 6 aromatic carbocycles. The van der Waals surface area contributed by atoms with Gasteiger partial charge in [0.2, 0.25) is 11.8 Å². The predicted molar refractivity (Wildman–Crippen MR) is 178 cm³/mol. The fraction of sp³-hybridized carbons (Fsp3) is 0.128. The number of aliphatic imine (C=N–C) groups is 2. The molecule has 0 aliphatic carbocycles. The Balaban J connectivity index is 1.30. The molecule has 0 bridgehead atoms. The van der Waals surface area contributed by atoms with Crippen LogP contribution in [0.5, 0.6) is 11.5 Å². The maximum Gasteiger partial charge on any atom is 0.220 e. The molecule has 0 aromatic heterocycles. The standard InChI is InChI=1S/C39H30N2O4/c42-36-31(38-40-28(22-44-38)19-24-11-3-1-4-12-24)20-26-15-7-9-17-29(26)34(36)35-30-18-10-8-16-27(30)21-32(37(35)43)39-41-33(23-45-39)25-13-5-2-6-14-25/h1-18,20-21,28,33,42-43H,19,22-23H2/t28-,33+/m1/s1. The highest BCUT2D eigenvalue weighted by Crippen LogP contribution is 2.48. The molecule has 6 nitrogen and oxygen atoms in total. The lowest BCUT2D eigenvalue weighted by Crippen LogP contribution is -2.09. The second kappa shape index (κ2) is 11.1. The van der Waals surface area contributed by atoms with Crippen LogP contribution >= 0.6 is 0 Å². The number of hydrogen-bond donors (Lipinski definition) is 2. The van der Waals surface area contributed by atoms with Gasteiger partial charge in [0.1, 0.15) is 30.8 Å². The first-order valence-electron chi connectivity index (χ1n) is 15.1. The van der Waals surface area contributed by atoms with E-state index in [1.165, 1.54) is 5.56 Å². The van der Waals surface area contributed by atoms with E-state index in [4.69, 9.17) is 19.5 Å². The Morgan fingerprint density at radius 1 is 0.578 bits per heavy atom. The van der Waals surface area contributed by atoms with E-state index in [-0.39, 0.29) is 23.6 Å². The van der Waals surface area contributed by atoms with Crippen LogP contribution in [0.4, 0.5) is 0 Å². The molecule has 8 rings (SSSR count). The first kappa shape index (κ1) is 27.0. The summed E-state index contributed by atoms with van der Waals surface area (Å²) in [5.41, 5.74) is 4.22. The highest BCUT2D eigenvalue weighted by Gasteiger charge is 2.30. The molecule has 0 fully saturated rings. The minimum absolute atomic E-state index is 0.00172. The molecule has 2 heterocycles. The summed E-state index contributed by atoms with van der Waals surface area (Å²) in [6.45, 7) is 0.807. The summed E-state index contributed by atoms with van der Waals surface area (Å²) >= 11 is 0. The van der Waals surface area contributed by atoms with Gasteiger partial charge in [0.15, 0.2) is 0 Å². The van der Waals surface area contributed by atoms with Crippen molar-refractivity contribution in [3.8, 4) is 22.6 Å². The van der Waals surface area contributed by atoms with Crippen LogP contribution in [0.1, 0.15) is 28.3 Å². The quantitative estimate of drug-likeness (QED) is 0.206. The van der Waals surface area contributed by atoms with Crippen LogP contribution in [0.25, 0.3) is 32.7 Å². The van der Waals surface area contributed by atoms with Gasteiger partial charge >= 0.3 is 0 Å². The molecule has 0 radical (unpaired) electrons. The predicted octanol–water partition coefficient (Wildman–Crippen LogP) is 7.98. The van der Waals surface area contributed by atoms with E-state index in [1.54, 1.807) is 0 Å². The van der Waals surface area contributed by atoms with Crippen molar-refractivity contribution in [3.05, 3.63) is 144 Å². The molecule has 2 aliphatic rings. The number of phenols is 2. The Kier molecular flexibility index (Phi) is 6.68. The van der Waals surface area contributed by atoms with E-state index in [0.717, 1.165) is 33.5 Å². The first-order chi connectivity index (χ1) is 22.1. The average molecular weight is 591 g/mol. The molecule has 0 saturated heterocycles. The van der Waals surface area contributed by atoms with Crippen molar-refractivity contribution < 1.29 is 19.7 Å². The summed E-state index contributed by atoms with van der Waals surface area (Å²) in [5.74, 6) is 0.770. The lowest BCUT2D eigenvalue weighted by molar-refractivity contribution is 0.316. The minimum atomic E-state index is -0.172. The second-order valence-electron chi connectivity index (χ2n) is 11.5. The van der Waals surface area contributed by atoms with Crippen molar-refractivity contribution in [3.63, 3.8) is 0 Å². The van der Waals surface area contributed by atoms with Crippen LogP contribution in [0.15, 0.2) is 131 Å². The fourth-order valence-electron chi connectivity index (χ4n) is 6.43. The van der Waals surface area contributed by atoms with Crippen LogP contribution in [0, 0.1) is 0 Å². The van der Waals surface area contributed by atoms with E-state index >= 15 is 0 Å². The molecule has 0 spiro atoms. The van der Waals surface area contributed by atoms with Crippen LogP contribution in [-0.4, -0.2) is 41.3 Å². The summed E-state index contributed by atoms with van der Waals surface area (Å²) in [5, 5.41) is 27.5. The van der Waals surface area contributed by atoms with Gasteiger partial charge in [-0.05, 0) is 51.2 Å². The van der Waals surface area contributed by atoms with Gasteiger partial charge in [-0.3, -0.25) is 0 Å². The van der Waals surface area contributed by atoms with Crippen molar-refractivity contribution >= 4 is 33.3 Å². The number of nitrogens with zero attached hydrogens (tertiary/aromatic N) is 2. The SMILES string of the molecule is Oc1c(C2=N[C@H](Cc3ccccc3)CO2)cc2ccccc2c1-c1c(O)c(C2=N[C@H](c3ccccc3)CO2)cc2ccccc12. The molecule has 6 heteroatoms. The summed E-state index contributed by atoms with van der Waals surface area (Å²) in [6.07, 6.45) is 0.741. The molecule has 2 aliphatic heterocycles. The molecular formula is C39H30N2O4. The number of rotatable bonds is 6. The van der Waals surface area contributed by atoms with Gasteiger partial charge < -0.3 is 19.7 Å². The van der Waals surface area contributed by atoms with Crippen molar-refractivity contribution in [1.82, 2.24) is 0 Å². The maximum absolute atomic E-state index is 12.1. The molecule has 0 unspecified atom stereocenters. The Bertz CT molecular complexity index is 2120. The van der Waals surface area contributed by atoms with Gasteiger partial charge in [-0.15, -0.1) is 0 Å². The first-order valence-corrected chi connectivity index (χ1v) is 15.1. The van der Waals surface area contributed by atoms with Gasteiger partial charge in [-0.1, -0.05) is 109 Å². The zero-order valence-electron chi connectivity index (χ0n) is 24.4. The molecule has 0 saturated carbocycles. The number of aromatic hydroxyl groups is 2.